The molecule has 0 bridgehead atoms. The quantitative estimate of drug-likeness (QED) is 0.878. The maximum atomic E-state index is 12.4. The van der Waals surface area contributed by atoms with Crippen LogP contribution in [0.2, 0.25) is 0 Å². The molecule has 4 nitrogen and oxygen atoms in total. The van der Waals surface area contributed by atoms with Crippen molar-refractivity contribution in [3.63, 3.8) is 0 Å². The van der Waals surface area contributed by atoms with Crippen molar-refractivity contribution in [1.82, 2.24) is 10.2 Å². The second kappa shape index (κ2) is 8.18. The van der Waals surface area contributed by atoms with Crippen molar-refractivity contribution in [1.29, 1.82) is 0 Å². The number of amides is 1. The molecule has 1 heterocycles. The summed E-state index contributed by atoms with van der Waals surface area (Å²) in [5.74, 6) is 1.77. The van der Waals surface area contributed by atoms with Gasteiger partial charge >= 0.3 is 0 Å². The second-order valence-electron chi connectivity index (χ2n) is 6.37. The van der Waals surface area contributed by atoms with Crippen LogP contribution in [-0.2, 0) is 11.2 Å². The lowest BCUT2D eigenvalue weighted by Crippen LogP contribution is -2.41. The number of carbonyl (C=O) groups excluding carboxylic acids is 1. The van der Waals surface area contributed by atoms with Gasteiger partial charge in [0.15, 0.2) is 0 Å². The molecule has 1 amide bonds. The number of ether oxygens (including phenoxy) is 1. The van der Waals surface area contributed by atoms with Crippen LogP contribution in [0.25, 0.3) is 0 Å². The Labute approximate surface area is 133 Å². The summed E-state index contributed by atoms with van der Waals surface area (Å²) in [5.41, 5.74) is 1.03. The first kappa shape index (κ1) is 16.8. The van der Waals surface area contributed by atoms with Crippen LogP contribution in [-0.4, -0.2) is 43.6 Å². The SMILES string of the molecule is CNCC1CCN(C(=O)Cc2cccc(OC(C)C)c2)CC1. The average molecular weight is 304 g/mol. The topological polar surface area (TPSA) is 41.6 Å². The molecule has 0 saturated carbocycles. The molecule has 1 aliphatic rings. The van der Waals surface area contributed by atoms with Crippen LogP contribution in [0.1, 0.15) is 32.3 Å². The van der Waals surface area contributed by atoms with E-state index in [0.29, 0.717) is 12.3 Å². The van der Waals surface area contributed by atoms with Crippen LogP contribution >= 0.6 is 0 Å². The number of carbonyl (C=O) groups is 1. The first-order chi connectivity index (χ1) is 10.6. The zero-order valence-corrected chi connectivity index (χ0v) is 14.0. The first-order valence-corrected chi connectivity index (χ1v) is 8.26. The van der Waals surface area contributed by atoms with Crippen LogP contribution in [0, 0.1) is 5.92 Å². The highest BCUT2D eigenvalue weighted by Gasteiger charge is 2.22. The molecule has 0 unspecified atom stereocenters. The van der Waals surface area contributed by atoms with Crippen molar-refractivity contribution in [2.45, 2.75) is 39.2 Å². The van der Waals surface area contributed by atoms with Gasteiger partial charge in [-0.2, -0.15) is 0 Å². The Morgan fingerprint density at radius 3 is 2.73 bits per heavy atom. The smallest absolute Gasteiger partial charge is 0.226 e. The normalized spacial score (nSPS) is 16.1. The molecule has 122 valence electrons. The Morgan fingerprint density at radius 1 is 1.36 bits per heavy atom. The van der Waals surface area contributed by atoms with Gasteiger partial charge in [0.2, 0.25) is 5.91 Å². The van der Waals surface area contributed by atoms with Gasteiger partial charge < -0.3 is 15.0 Å². The molecule has 0 atom stereocenters. The molecule has 1 aliphatic heterocycles. The zero-order valence-electron chi connectivity index (χ0n) is 14.0. The van der Waals surface area contributed by atoms with Crippen molar-refractivity contribution in [3.05, 3.63) is 29.8 Å². The third kappa shape index (κ3) is 5.02. The number of rotatable bonds is 6. The van der Waals surface area contributed by atoms with Gasteiger partial charge in [-0.25, -0.2) is 0 Å². The third-order valence-electron chi connectivity index (χ3n) is 4.09. The predicted molar refractivity (Wildman–Crippen MR) is 89.1 cm³/mol. The molecular weight excluding hydrogens is 276 g/mol. The number of nitrogens with zero attached hydrogens (tertiary/aromatic N) is 1. The van der Waals surface area contributed by atoms with Crippen LogP contribution in [0.15, 0.2) is 24.3 Å². The molecule has 0 radical (unpaired) electrons. The summed E-state index contributed by atoms with van der Waals surface area (Å²) < 4.78 is 5.69. The fourth-order valence-electron chi connectivity index (χ4n) is 2.96. The van der Waals surface area contributed by atoms with E-state index in [2.05, 4.69) is 5.32 Å². The van der Waals surface area contributed by atoms with Gasteiger partial charge in [0.1, 0.15) is 5.75 Å². The van der Waals surface area contributed by atoms with Gasteiger partial charge in [-0.05, 0) is 63.9 Å². The Hall–Kier alpha value is -1.55. The van der Waals surface area contributed by atoms with Crippen molar-refractivity contribution in [3.8, 4) is 5.75 Å². The number of likely N-dealkylation sites (tertiary alicyclic amines) is 1. The second-order valence-corrected chi connectivity index (χ2v) is 6.37. The Balaban J connectivity index is 1.87. The third-order valence-corrected chi connectivity index (χ3v) is 4.09. The molecule has 4 heteroatoms. The molecule has 22 heavy (non-hydrogen) atoms. The highest BCUT2D eigenvalue weighted by molar-refractivity contribution is 5.79. The minimum Gasteiger partial charge on any atom is -0.491 e. The number of nitrogens with one attached hydrogen (secondary N) is 1. The van der Waals surface area contributed by atoms with E-state index in [4.69, 9.17) is 4.74 Å². The number of hydrogen-bond acceptors (Lipinski definition) is 3. The van der Waals surface area contributed by atoms with Gasteiger partial charge in [0.05, 0.1) is 12.5 Å². The largest absolute Gasteiger partial charge is 0.491 e. The van der Waals surface area contributed by atoms with E-state index >= 15 is 0 Å². The summed E-state index contributed by atoms with van der Waals surface area (Å²) >= 11 is 0. The van der Waals surface area contributed by atoms with E-state index in [9.17, 15) is 4.79 Å². The summed E-state index contributed by atoms with van der Waals surface area (Å²) in [4.78, 5) is 14.4. The van der Waals surface area contributed by atoms with Gasteiger partial charge in [-0.3, -0.25) is 4.79 Å². The van der Waals surface area contributed by atoms with Crippen LogP contribution < -0.4 is 10.1 Å². The minimum atomic E-state index is 0.150. The lowest BCUT2D eigenvalue weighted by atomic mass is 9.96. The van der Waals surface area contributed by atoms with E-state index in [0.717, 1.165) is 43.8 Å². The van der Waals surface area contributed by atoms with Gasteiger partial charge in [-0.1, -0.05) is 12.1 Å². The van der Waals surface area contributed by atoms with E-state index in [1.807, 2.05) is 50.1 Å². The summed E-state index contributed by atoms with van der Waals surface area (Å²) in [5, 5.41) is 3.23. The highest BCUT2D eigenvalue weighted by atomic mass is 16.5. The molecule has 1 N–H and O–H groups in total. The summed E-state index contributed by atoms with van der Waals surface area (Å²) in [6, 6.07) is 7.88. The van der Waals surface area contributed by atoms with Crippen molar-refractivity contribution < 1.29 is 9.53 Å². The van der Waals surface area contributed by atoms with E-state index in [1.165, 1.54) is 0 Å². The zero-order chi connectivity index (χ0) is 15.9. The predicted octanol–water partition coefficient (Wildman–Crippen LogP) is 2.47. The number of hydrogen-bond donors (Lipinski definition) is 1. The Kier molecular flexibility index (Phi) is 6.25. The maximum absolute atomic E-state index is 12.4. The summed E-state index contributed by atoms with van der Waals surface area (Å²) in [6.45, 7) is 6.83. The average Bonchev–Trinajstić information content (AvgIpc) is 2.48. The standard InChI is InChI=1S/C18H28N2O2/c1-14(2)22-17-6-4-5-16(11-17)12-18(21)20-9-7-15(8-10-20)13-19-3/h4-6,11,14-15,19H,7-10,12-13H2,1-3H3. The molecule has 1 fully saturated rings. The lowest BCUT2D eigenvalue weighted by molar-refractivity contribution is -0.131. The Morgan fingerprint density at radius 2 is 2.09 bits per heavy atom. The molecule has 1 aromatic rings. The van der Waals surface area contributed by atoms with Crippen LogP contribution in [0.5, 0.6) is 5.75 Å². The molecule has 0 aromatic heterocycles. The maximum Gasteiger partial charge on any atom is 0.226 e. The first-order valence-electron chi connectivity index (χ1n) is 8.26. The lowest BCUT2D eigenvalue weighted by Gasteiger charge is -2.32. The van der Waals surface area contributed by atoms with E-state index in [-0.39, 0.29) is 12.0 Å². The monoisotopic (exact) mass is 304 g/mol. The number of benzene rings is 1. The molecular formula is C18H28N2O2. The van der Waals surface area contributed by atoms with Crippen LogP contribution in [0.3, 0.4) is 0 Å². The van der Waals surface area contributed by atoms with Gasteiger partial charge in [0, 0.05) is 13.1 Å². The van der Waals surface area contributed by atoms with E-state index < -0.39 is 0 Å². The van der Waals surface area contributed by atoms with Crippen molar-refractivity contribution >= 4 is 5.91 Å². The summed E-state index contributed by atoms with van der Waals surface area (Å²) in [7, 11) is 1.99. The molecule has 1 saturated heterocycles. The summed E-state index contributed by atoms with van der Waals surface area (Å²) in [6.07, 6.45) is 2.81. The molecule has 2 rings (SSSR count). The molecule has 1 aromatic carbocycles. The van der Waals surface area contributed by atoms with Crippen molar-refractivity contribution in [2.75, 3.05) is 26.7 Å². The van der Waals surface area contributed by atoms with Gasteiger partial charge in [0.25, 0.3) is 0 Å². The molecule has 0 aliphatic carbocycles. The van der Waals surface area contributed by atoms with Gasteiger partial charge in [-0.15, -0.1) is 0 Å². The van der Waals surface area contributed by atoms with Crippen LogP contribution in [0.4, 0.5) is 0 Å². The Bertz CT molecular complexity index is 480. The molecule has 0 spiro atoms. The fourth-order valence-corrected chi connectivity index (χ4v) is 2.96. The minimum absolute atomic E-state index is 0.150. The highest BCUT2D eigenvalue weighted by Crippen LogP contribution is 2.19. The number of piperidine rings is 1. The van der Waals surface area contributed by atoms with Crippen molar-refractivity contribution in [2.24, 2.45) is 5.92 Å². The van der Waals surface area contributed by atoms with E-state index in [1.54, 1.807) is 0 Å². The fraction of sp³-hybridized carbons (Fsp3) is 0.611.